The zero-order valence-corrected chi connectivity index (χ0v) is 10.5. The van der Waals surface area contributed by atoms with Crippen LogP contribution in [0.4, 0.5) is 0 Å². The van der Waals surface area contributed by atoms with Gasteiger partial charge in [-0.05, 0) is 37.9 Å². The van der Waals surface area contributed by atoms with Gasteiger partial charge in [0, 0.05) is 18.5 Å². The lowest BCUT2D eigenvalue weighted by molar-refractivity contribution is 0.156. The lowest BCUT2D eigenvalue weighted by Crippen LogP contribution is -2.38. The summed E-state index contributed by atoms with van der Waals surface area (Å²) in [5.74, 6) is 1.44. The average molecular weight is 242 g/mol. The molecule has 1 aromatic heterocycles. The van der Waals surface area contributed by atoms with E-state index in [1.165, 1.54) is 32.2 Å². The molecule has 2 heterocycles. The SMILES string of the molecule is c1ccc2oc(C3CCN(C4CCC4)C3)nc2c1. The minimum atomic E-state index is 0.498. The Hall–Kier alpha value is -1.35. The van der Waals surface area contributed by atoms with E-state index in [0.29, 0.717) is 5.92 Å². The molecular formula is C15H18N2O. The second-order valence-corrected chi connectivity index (χ2v) is 5.59. The molecule has 0 spiro atoms. The van der Waals surface area contributed by atoms with E-state index in [4.69, 9.17) is 4.42 Å². The number of oxazole rings is 1. The van der Waals surface area contributed by atoms with Crippen molar-refractivity contribution < 1.29 is 4.42 Å². The Morgan fingerprint density at radius 1 is 1.17 bits per heavy atom. The molecule has 0 radical (unpaired) electrons. The van der Waals surface area contributed by atoms with Gasteiger partial charge in [0.05, 0.1) is 0 Å². The second kappa shape index (κ2) is 4.09. The first-order valence-electron chi connectivity index (χ1n) is 7.00. The molecule has 2 aromatic rings. The number of benzene rings is 1. The summed E-state index contributed by atoms with van der Waals surface area (Å²) in [4.78, 5) is 7.27. The van der Waals surface area contributed by atoms with Crippen molar-refractivity contribution in [3.05, 3.63) is 30.2 Å². The fourth-order valence-corrected chi connectivity index (χ4v) is 3.14. The zero-order chi connectivity index (χ0) is 11.9. The highest BCUT2D eigenvalue weighted by atomic mass is 16.3. The molecule has 1 unspecified atom stereocenters. The molecule has 0 amide bonds. The first-order chi connectivity index (χ1) is 8.90. The quantitative estimate of drug-likeness (QED) is 0.810. The van der Waals surface area contributed by atoms with Crippen molar-refractivity contribution in [1.82, 2.24) is 9.88 Å². The third-order valence-electron chi connectivity index (χ3n) is 4.47. The van der Waals surface area contributed by atoms with Crippen molar-refractivity contribution in [2.24, 2.45) is 0 Å². The Bertz CT molecular complexity index is 525. The minimum Gasteiger partial charge on any atom is -0.440 e. The number of para-hydroxylation sites is 2. The summed E-state index contributed by atoms with van der Waals surface area (Å²) in [5.41, 5.74) is 1.92. The molecule has 1 aliphatic heterocycles. The molecular weight excluding hydrogens is 224 g/mol. The molecule has 0 bridgehead atoms. The van der Waals surface area contributed by atoms with E-state index in [-0.39, 0.29) is 0 Å². The molecule has 1 atom stereocenters. The first kappa shape index (κ1) is 10.6. The largest absolute Gasteiger partial charge is 0.440 e. The van der Waals surface area contributed by atoms with Crippen LogP contribution < -0.4 is 0 Å². The van der Waals surface area contributed by atoms with Crippen LogP contribution in [0.15, 0.2) is 28.7 Å². The smallest absolute Gasteiger partial charge is 0.199 e. The van der Waals surface area contributed by atoms with E-state index in [0.717, 1.165) is 29.6 Å². The number of likely N-dealkylation sites (tertiary alicyclic amines) is 1. The summed E-state index contributed by atoms with van der Waals surface area (Å²) in [6, 6.07) is 8.90. The fourth-order valence-electron chi connectivity index (χ4n) is 3.14. The molecule has 3 heteroatoms. The normalized spacial score (nSPS) is 25.7. The van der Waals surface area contributed by atoms with Gasteiger partial charge in [-0.2, -0.15) is 0 Å². The van der Waals surface area contributed by atoms with Gasteiger partial charge >= 0.3 is 0 Å². The van der Waals surface area contributed by atoms with Gasteiger partial charge in [0.2, 0.25) is 0 Å². The maximum Gasteiger partial charge on any atom is 0.199 e. The van der Waals surface area contributed by atoms with Crippen LogP contribution in [0.5, 0.6) is 0 Å². The van der Waals surface area contributed by atoms with Gasteiger partial charge < -0.3 is 4.42 Å². The van der Waals surface area contributed by atoms with Gasteiger partial charge in [0.1, 0.15) is 5.52 Å². The number of aromatic nitrogens is 1. The Morgan fingerprint density at radius 3 is 2.83 bits per heavy atom. The van der Waals surface area contributed by atoms with Crippen LogP contribution in [0.1, 0.15) is 37.5 Å². The Kier molecular flexibility index (Phi) is 2.40. The third kappa shape index (κ3) is 1.65. The third-order valence-corrected chi connectivity index (χ3v) is 4.47. The summed E-state index contributed by atoms with van der Waals surface area (Å²) < 4.78 is 5.89. The average Bonchev–Trinajstić information content (AvgIpc) is 2.91. The molecule has 18 heavy (non-hydrogen) atoms. The van der Waals surface area contributed by atoms with Crippen molar-refractivity contribution in [2.75, 3.05) is 13.1 Å². The Labute approximate surface area is 107 Å². The highest BCUT2D eigenvalue weighted by Crippen LogP contribution is 2.34. The van der Waals surface area contributed by atoms with E-state index in [9.17, 15) is 0 Å². The minimum absolute atomic E-state index is 0.498. The van der Waals surface area contributed by atoms with Crippen LogP contribution in [0, 0.1) is 0 Å². The summed E-state index contributed by atoms with van der Waals surface area (Å²) in [7, 11) is 0. The van der Waals surface area contributed by atoms with Crippen molar-refractivity contribution in [3.8, 4) is 0 Å². The second-order valence-electron chi connectivity index (χ2n) is 5.59. The molecule has 1 saturated carbocycles. The summed E-state index contributed by atoms with van der Waals surface area (Å²) >= 11 is 0. The first-order valence-corrected chi connectivity index (χ1v) is 7.00. The summed E-state index contributed by atoms with van der Waals surface area (Å²) in [6.07, 6.45) is 5.39. The maximum absolute atomic E-state index is 5.89. The van der Waals surface area contributed by atoms with Gasteiger partial charge in [-0.1, -0.05) is 18.6 Å². The van der Waals surface area contributed by atoms with Crippen molar-refractivity contribution in [3.63, 3.8) is 0 Å². The number of nitrogens with zero attached hydrogens (tertiary/aromatic N) is 2. The van der Waals surface area contributed by atoms with Crippen LogP contribution in [0.2, 0.25) is 0 Å². The van der Waals surface area contributed by atoms with Gasteiger partial charge in [-0.25, -0.2) is 4.98 Å². The molecule has 0 N–H and O–H groups in total. The Balaban J connectivity index is 1.56. The van der Waals surface area contributed by atoms with E-state index in [1.54, 1.807) is 0 Å². The molecule has 1 aliphatic carbocycles. The highest BCUT2D eigenvalue weighted by molar-refractivity contribution is 5.72. The number of fused-ring (bicyclic) bond motifs is 1. The maximum atomic E-state index is 5.89. The molecule has 1 aromatic carbocycles. The van der Waals surface area contributed by atoms with Crippen molar-refractivity contribution in [1.29, 1.82) is 0 Å². The van der Waals surface area contributed by atoms with Gasteiger partial charge in [-0.3, -0.25) is 4.90 Å². The Morgan fingerprint density at radius 2 is 2.06 bits per heavy atom. The molecule has 2 fully saturated rings. The van der Waals surface area contributed by atoms with E-state index >= 15 is 0 Å². The number of hydrogen-bond donors (Lipinski definition) is 0. The standard InChI is InChI=1S/C15H18N2O/c1-2-7-14-13(6-1)16-15(18-14)11-8-9-17(10-11)12-4-3-5-12/h1-2,6-7,11-12H,3-5,8-10H2. The number of rotatable bonds is 2. The van der Waals surface area contributed by atoms with E-state index in [2.05, 4.69) is 9.88 Å². The van der Waals surface area contributed by atoms with Crippen LogP contribution in [-0.2, 0) is 0 Å². The fraction of sp³-hybridized carbons (Fsp3) is 0.533. The predicted octanol–water partition coefficient (Wildman–Crippen LogP) is 3.17. The van der Waals surface area contributed by atoms with Crippen LogP contribution >= 0.6 is 0 Å². The van der Waals surface area contributed by atoms with Gasteiger partial charge in [-0.15, -0.1) is 0 Å². The topological polar surface area (TPSA) is 29.3 Å². The van der Waals surface area contributed by atoms with Gasteiger partial charge in [0.25, 0.3) is 0 Å². The number of hydrogen-bond acceptors (Lipinski definition) is 3. The predicted molar refractivity (Wildman–Crippen MR) is 70.6 cm³/mol. The summed E-state index contributed by atoms with van der Waals surface area (Å²) in [6.45, 7) is 2.35. The summed E-state index contributed by atoms with van der Waals surface area (Å²) in [5, 5.41) is 0. The zero-order valence-electron chi connectivity index (χ0n) is 10.5. The molecule has 4 rings (SSSR count). The highest BCUT2D eigenvalue weighted by Gasteiger charge is 2.34. The molecule has 1 saturated heterocycles. The van der Waals surface area contributed by atoms with Crippen LogP contribution in [0.25, 0.3) is 11.1 Å². The molecule has 94 valence electrons. The van der Waals surface area contributed by atoms with Crippen LogP contribution in [0.3, 0.4) is 0 Å². The monoisotopic (exact) mass is 242 g/mol. The van der Waals surface area contributed by atoms with E-state index < -0.39 is 0 Å². The molecule has 3 nitrogen and oxygen atoms in total. The van der Waals surface area contributed by atoms with Crippen LogP contribution in [-0.4, -0.2) is 29.0 Å². The van der Waals surface area contributed by atoms with Gasteiger partial charge in [0.15, 0.2) is 11.5 Å². The van der Waals surface area contributed by atoms with E-state index in [1.807, 2.05) is 24.3 Å². The lowest BCUT2D eigenvalue weighted by atomic mass is 9.92. The lowest BCUT2D eigenvalue weighted by Gasteiger charge is -2.34. The van der Waals surface area contributed by atoms with Crippen molar-refractivity contribution >= 4 is 11.1 Å². The molecule has 2 aliphatic rings. The van der Waals surface area contributed by atoms with Crippen molar-refractivity contribution in [2.45, 2.75) is 37.6 Å².